The molecule has 8 heteroatoms. The van der Waals surface area contributed by atoms with Crippen molar-refractivity contribution in [3.8, 4) is 5.75 Å². The number of hydrogen-bond donors (Lipinski definition) is 2. The molecule has 3 N–H and O–H groups in total. The van der Waals surface area contributed by atoms with Gasteiger partial charge in [-0.3, -0.25) is 4.79 Å². The summed E-state index contributed by atoms with van der Waals surface area (Å²) < 4.78 is 10.4. The number of nitrogens with one attached hydrogen (secondary N) is 1. The summed E-state index contributed by atoms with van der Waals surface area (Å²) in [6.45, 7) is 1.92. The van der Waals surface area contributed by atoms with E-state index in [0.29, 0.717) is 23.9 Å². The summed E-state index contributed by atoms with van der Waals surface area (Å²) >= 11 is 0. The normalized spacial score (nSPS) is 11.9. The SMILES string of the molecule is CNC(C)Cc1noc(/C=C/c2ccc(OCC(N)=O)cc2)n1.Cl. The maximum Gasteiger partial charge on any atom is 0.255 e. The van der Waals surface area contributed by atoms with Gasteiger partial charge in [0.1, 0.15) is 5.75 Å². The first kappa shape index (κ1) is 19.7. The van der Waals surface area contributed by atoms with Gasteiger partial charge in [-0.15, -0.1) is 12.4 Å². The molecule has 0 aliphatic rings. The number of amides is 1. The zero-order valence-electron chi connectivity index (χ0n) is 13.6. The number of nitrogens with two attached hydrogens (primary N) is 1. The Balaban J connectivity index is 0.00000288. The fourth-order valence-corrected chi connectivity index (χ4v) is 1.79. The average molecular weight is 353 g/mol. The van der Waals surface area contributed by atoms with Crippen molar-refractivity contribution in [1.82, 2.24) is 15.5 Å². The number of carbonyl (C=O) groups excluding carboxylic acids is 1. The number of primary amides is 1. The van der Waals surface area contributed by atoms with Crippen LogP contribution in [0.25, 0.3) is 12.2 Å². The molecule has 1 aromatic carbocycles. The minimum absolute atomic E-state index is 0. The van der Waals surface area contributed by atoms with Crippen LogP contribution in [-0.4, -0.2) is 35.7 Å². The fraction of sp³-hybridized carbons (Fsp3) is 0.312. The largest absolute Gasteiger partial charge is 0.484 e. The van der Waals surface area contributed by atoms with Gasteiger partial charge in [0.25, 0.3) is 11.8 Å². The Kier molecular flexibility index (Phi) is 7.94. The van der Waals surface area contributed by atoms with E-state index in [1.807, 2.05) is 32.2 Å². The van der Waals surface area contributed by atoms with E-state index in [-0.39, 0.29) is 25.1 Å². The van der Waals surface area contributed by atoms with Crippen molar-refractivity contribution in [1.29, 1.82) is 0 Å². The third-order valence-corrected chi connectivity index (χ3v) is 3.14. The van der Waals surface area contributed by atoms with Crippen molar-refractivity contribution in [3.05, 3.63) is 41.5 Å². The number of hydrogen-bond acceptors (Lipinski definition) is 6. The summed E-state index contributed by atoms with van der Waals surface area (Å²) in [5, 5.41) is 7.05. The number of carbonyl (C=O) groups is 1. The molecule has 0 fully saturated rings. The van der Waals surface area contributed by atoms with Crippen molar-refractivity contribution in [2.75, 3.05) is 13.7 Å². The maximum absolute atomic E-state index is 10.6. The molecule has 7 nitrogen and oxygen atoms in total. The van der Waals surface area contributed by atoms with Gasteiger partial charge in [0.05, 0.1) is 0 Å². The molecule has 1 atom stereocenters. The molecule has 130 valence electrons. The molecule has 0 saturated carbocycles. The topological polar surface area (TPSA) is 103 Å². The molecule has 1 heterocycles. The lowest BCUT2D eigenvalue weighted by Crippen LogP contribution is -2.24. The first-order chi connectivity index (χ1) is 11.1. The number of nitrogens with zero attached hydrogens (tertiary/aromatic N) is 2. The quantitative estimate of drug-likeness (QED) is 0.749. The van der Waals surface area contributed by atoms with E-state index in [0.717, 1.165) is 5.56 Å². The molecule has 1 unspecified atom stereocenters. The van der Waals surface area contributed by atoms with E-state index in [1.54, 1.807) is 18.2 Å². The van der Waals surface area contributed by atoms with E-state index in [9.17, 15) is 4.79 Å². The third-order valence-electron chi connectivity index (χ3n) is 3.14. The van der Waals surface area contributed by atoms with Gasteiger partial charge >= 0.3 is 0 Å². The Morgan fingerprint density at radius 2 is 2.08 bits per heavy atom. The molecule has 2 aromatic rings. The predicted octanol–water partition coefficient (Wildman–Crippen LogP) is 1.68. The van der Waals surface area contributed by atoms with Crippen LogP contribution in [0, 0.1) is 0 Å². The lowest BCUT2D eigenvalue weighted by atomic mass is 10.2. The molecule has 0 spiro atoms. The molecular weight excluding hydrogens is 332 g/mol. The molecule has 0 saturated heterocycles. The van der Waals surface area contributed by atoms with Crippen molar-refractivity contribution >= 4 is 30.5 Å². The summed E-state index contributed by atoms with van der Waals surface area (Å²) in [6, 6.07) is 7.52. The second-order valence-corrected chi connectivity index (χ2v) is 5.10. The lowest BCUT2D eigenvalue weighted by Gasteiger charge is -2.04. The van der Waals surface area contributed by atoms with Crippen molar-refractivity contribution < 1.29 is 14.1 Å². The zero-order valence-corrected chi connectivity index (χ0v) is 14.4. The number of likely N-dealkylation sites (N-methyl/N-ethyl adjacent to an activating group) is 1. The molecule has 0 bridgehead atoms. The smallest absolute Gasteiger partial charge is 0.255 e. The highest BCUT2D eigenvalue weighted by Crippen LogP contribution is 2.14. The van der Waals surface area contributed by atoms with E-state index < -0.39 is 5.91 Å². The lowest BCUT2D eigenvalue weighted by molar-refractivity contribution is -0.119. The predicted molar refractivity (Wildman–Crippen MR) is 93.8 cm³/mol. The Hall–Kier alpha value is -2.38. The summed E-state index contributed by atoms with van der Waals surface area (Å²) in [5.41, 5.74) is 5.97. The number of ether oxygens (including phenoxy) is 1. The molecule has 0 aliphatic carbocycles. The Labute approximate surface area is 146 Å². The van der Waals surface area contributed by atoms with Gasteiger partial charge in [-0.1, -0.05) is 17.3 Å². The van der Waals surface area contributed by atoms with Crippen LogP contribution in [0.1, 0.15) is 24.2 Å². The number of aromatic nitrogens is 2. The molecule has 1 aromatic heterocycles. The van der Waals surface area contributed by atoms with Crippen LogP contribution in [0.3, 0.4) is 0 Å². The van der Waals surface area contributed by atoms with Crippen LogP contribution in [0.2, 0.25) is 0 Å². The van der Waals surface area contributed by atoms with E-state index in [2.05, 4.69) is 15.5 Å². The van der Waals surface area contributed by atoms with Crippen LogP contribution in [-0.2, 0) is 11.2 Å². The highest BCUT2D eigenvalue weighted by atomic mass is 35.5. The first-order valence-corrected chi connectivity index (χ1v) is 7.26. The summed E-state index contributed by atoms with van der Waals surface area (Å²) in [7, 11) is 1.89. The molecular formula is C16H21ClN4O3. The van der Waals surface area contributed by atoms with Crippen molar-refractivity contribution in [2.24, 2.45) is 5.73 Å². The van der Waals surface area contributed by atoms with Gasteiger partial charge in [0.2, 0.25) is 0 Å². The fourth-order valence-electron chi connectivity index (χ4n) is 1.79. The Bertz CT molecular complexity index is 670. The first-order valence-electron chi connectivity index (χ1n) is 7.26. The van der Waals surface area contributed by atoms with Crippen molar-refractivity contribution in [2.45, 2.75) is 19.4 Å². The second-order valence-electron chi connectivity index (χ2n) is 5.10. The molecule has 0 aliphatic heterocycles. The van der Waals surface area contributed by atoms with Gasteiger partial charge in [-0.2, -0.15) is 4.98 Å². The highest BCUT2D eigenvalue weighted by Gasteiger charge is 2.07. The van der Waals surface area contributed by atoms with E-state index in [4.69, 9.17) is 15.0 Å². The zero-order chi connectivity index (χ0) is 16.7. The second kappa shape index (κ2) is 9.69. The van der Waals surface area contributed by atoms with Crippen LogP contribution in [0.4, 0.5) is 0 Å². The number of halogens is 1. The minimum Gasteiger partial charge on any atom is -0.484 e. The van der Waals surface area contributed by atoms with Crippen LogP contribution in [0.5, 0.6) is 5.75 Å². The molecule has 1 amide bonds. The molecule has 24 heavy (non-hydrogen) atoms. The molecule has 0 radical (unpaired) electrons. The van der Waals surface area contributed by atoms with Gasteiger partial charge in [0, 0.05) is 18.5 Å². The summed E-state index contributed by atoms with van der Waals surface area (Å²) in [4.78, 5) is 14.9. The van der Waals surface area contributed by atoms with Gasteiger partial charge in [0.15, 0.2) is 12.4 Å². The Morgan fingerprint density at radius 3 is 2.71 bits per heavy atom. The van der Waals surface area contributed by atoms with Crippen LogP contribution < -0.4 is 15.8 Å². The minimum atomic E-state index is -0.506. The highest BCUT2D eigenvalue weighted by molar-refractivity contribution is 5.85. The van der Waals surface area contributed by atoms with Gasteiger partial charge in [-0.25, -0.2) is 0 Å². The van der Waals surface area contributed by atoms with E-state index in [1.165, 1.54) is 0 Å². The average Bonchev–Trinajstić information content (AvgIpc) is 2.99. The van der Waals surface area contributed by atoms with E-state index >= 15 is 0 Å². The number of rotatable bonds is 8. The third kappa shape index (κ3) is 6.39. The standard InChI is InChI=1S/C16H20N4O3.ClH/c1-11(18-2)9-15-19-16(23-20-15)8-5-12-3-6-13(7-4-12)22-10-14(17)21;/h3-8,11,18H,9-10H2,1-2H3,(H2,17,21);1H/b8-5+;. The Morgan fingerprint density at radius 1 is 1.38 bits per heavy atom. The summed E-state index contributed by atoms with van der Waals surface area (Å²) in [5.74, 6) is 1.20. The molecule has 2 rings (SSSR count). The van der Waals surface area contributed by atoms with Crippen LogP contribution >= 0.6 is 12.4 Å². The van der Waals surface area contributed by atoms with Gasteiger partial charge in [-0.05, 0) is 37.7 Å². The van der Waals surface area contributed by atoms with Crippen molar-refractivity contribution in [3.63, 3.8) is 0 Å². The number of benzene rings is 1. The van der Waals surface area contributed by atoms with Crippen LogP contribution in [0.15, 0.2) is 28.8 Å². The summed E-state index contributed by atoms with van der Waals surface area (Å²) in [6.07, 6.45) is 4.32. The maximum atomic E-state index is 10.6. The monoisotopic (exact) mass is 352 g/mol. The van der Waals surface area contributed by atoms with Gasteiger partial charge < -0.3 is 20.3 Å².